The van der Waals surface area contributed by atoms with E-state index in [1.54, 1.807) is 0 Å². The molecule has 1 saturated carbocycles. The molecule has 2 aliphatic rings. The second kappa shape index (κ2) is 3.57. The Bertz CT molecular complexity index is 450. The van der Waals surface area contributed by atoms with Gasteiger partial charge >= 0.3 is 0 Å². The molecule has 1 aromatic rings. The van der Waals surface area contributed by atoms with E-state index in [9.17, 15) is 4.79 Å². The summed E-state index contributed by atoms with van der Waals surface area (Å²) in [6.45, 7) is 2.67. The average molecular weight is 235 g/mol. The van der Waals surface area contributed by atoms with Crippen molar-refractivity contribution in [3.63, 3.8) is 0 Å². The zero-order valence-electron chi connectivity index (χ0n) is 9.98. The Morgan fingerprint density at radius 3 is 3.00 bits per heavy atom. The molecule has 17 heavy (non-hydrogen) atoms. The molecule has 3 rings (SSSR count). The predicted octanol–water partition coefficient (Wildman–Crippen LogP) is 1.14. The van der Waals surface area contributed by atoms with Crippen LogP contribution in [0.15, 0.2) is 10.6 Å². The highest BCUT2D eigenvalue weighted by molar-refractivity contribution is 5.89. The fraction of sp³-hybridized carbons (Fsp3) is 0.667. The fourth-order valence-corrected chi connectivity index (χ4v) is 2.48. The van der Waals surface area contributed by atoms with Crippen LogP contribution in [0.5, 0.6) is 0 Å². The van der Waals surface area contributed by atoms with Crippen molar-refractivity contribution < 1.29 is 9.32 Å². The molecule has 0 aromatic carbocycles. The van der Waals surface area contributed by atoms with Crippen LogP contribution in [0.3, 0.4) is 0 Å². The second-order valence-electron chi connectivity index (χ2n) is 5.18. The van der Waals surface area contributed by atoms with Gasteiger partial charge in [-0.1, -0.05) is 5.16 Å². The predicted molar refractivity (Wildman–Crippen MR) is 61.1 cm³/mol. The molecule has 1 saturated heterocycles. The number of rotatable bonds is 2. The van der Waals surface area contributed by atoms with Crippen LogP contribution in [-0.4, -0.2) is 28.0 Å². The van der Waals surface area contributed by atoms with Gasteiger partial charge in [-0.05, 0) is 32.6 Å². The van der Waals surface area contributed by atoms with Crippen LogP contribution >= 0.6 is 0 Å². The smallest absolute Gasteiger partial charge is 0.243 e. The first-order chi connectivity index (χ1) is 8.10. The molecular weight excluding hydrogens is 218 g/mol. The first-order valence-corrected chi connectivity index (χ1v) is 6.13. The molecule has 1 aliphatic heterocycles. The monoisotopic (exact) mass is 235 g/mol. The third kappa shape index (κ3) is 1.74. The third-order valence-electron chi connectivity index (χ3n) is 3.70. The van der Waals surface area contributed by atoms with Crippen molar-refractivity contribution in [3.05, 3.63) is 17.5 Å². The van der Waals surface area contributed by atoms with Crippen molar-refractivity contribution in [1.82, 2.24) is 10.1 Å². The van der Waals surface area contributed by atoms with E-state index in [0.717, 1.165) is 43.7 Å². The molecular formula is C12H17N3O2. The van der Waals surface area contributed by atoms with Crippen molar-refractivity contribution in [2.45, 2.75) is 44.2 Å². The number of aromatic nitrogens is 1. The second-order valence-corrected chi connectivity index (χ2v) is 5.18. The van der Waals surface area contributed by atoms with E-state index in [2.05, 4.69) is 5.16 Å². The summed E-state index contributed by atoms with van der Waals surface area (Å²) in [6.07, 6.45) is 3.57. The number of hydrogen-bond acceptors (Lipinski definition) is 4. The number of amides is 1. The van der Waals surface area contributed by atoms with Crippen LogP contribution in [0.4, 0.5) is 0 Å². The summed E-state index contributed by atoms with van der Waals surface area (Å²) < 4.78 is 5.28. The molecule has 1 aliphatic carbocycles. The summed E-state index contributed by atoms with van der Waals surface area (Å²) in [5.41, 5.74) is 6.25. The maximum Gasteiger partial charge on any atom is 0.243 e. The average Bonchev–Trinajstić information content (AvgIpc) is 2.77. The summed E-state index contributed by atoms with van der Waals surface area (Å²) in [5.74, 6) is 0.867. The molecule has 1 atom stereocenters. The van der Waals surface area contributed by atoms with Gasteiger partial charge in [-0.25, -0.2) is 0 Å². The quantitative estimate of drug-likeness (QED) is 0.834. The van der Waals surface area contributed by atoms with Crippen LogP contribution in [0.1, 0.15) is 43.2 Å². The Labute approximate surface area is 99.9 Å². The normalized spacial score (nSPS) is 26.2. The van der Waals surface area contributed by atoms with E-state index in [0.29, 0.717) is 0 Å². The lowest BCUT2D eigenvalue weighted by Gasteiger charge is -2.25. The summed E-state index contributed by atoms with van der Waals surface area (Å²) in [5, 5.41) is 3.89. The number of carbonyl (C=O) groups is 1. The molecule has 0 spiro atoms. The largest absolute Gasteiger partial charge is 0.359 e. The zero-order chi connectivity index (χ0) is 12.0. The van der Waals surface area contributed by atoms with Crippen molar-refractivity contribution in [2.75, 3.05) is 6.54 Å². The topological polar surface area (TPSA) is 72.4 Å². The Morgan fingerprint density at radius 1 is 1.65 bits per heavy atom. The number of carbonyl (C=O) groups excluding carboxylic acids is 1. The van der Waals surface area contributed by atoms with Crippen LogP contribution in [0.25, 0.3) is 0 Å². The van der Waals surface area contributed by atoms with Crippen molar-refractivity contribution in [2.24, 2.45) is 5.73 Å². The van der Waals surface area contributed by atoms with Gasteiger partial charge in [0.05, 0.1) is 17.3 Å². The third-order valence-corrected chi connectivity index (χ3v) is 3.70. The highest BCUT2D eigenvalue weighted by Crippen LogP contribution is 2.40. The van der Waals surface area contributed by atoms with Gasteiger partial charge in [0.2, 0.25) is 5.91 Å². The van der Waals surface area contributed by atoms with Gasteiger partial charge in [-0.15, -0.1) is 0 Å². The molecule has 5 nitrogen and oxygen atoms in total. The van der Waals surface area contributed by atoms with E-state index in [1.807, 2.05) is 17.9 Å². The lowest BCUT2D eigenvalue weighted by Crippen LogP contribution is -2.45. The van der Waals surface area contributed by atoms with E-state index in [4.69, 9.17) is 10.3 Å². The first-order valence-electron chi connectivity index (χ1n) is 6.13. The van der Waals surface area contributed by atoms with Gasteiger partial charge in [0.1, 0.15) is 0 Å². The molecule has 2 heterocycles. The Morgan fingerprint density at radius 2 is 2.41 bits per heavy atom. The van der Waals surface area contributed by atoms with E-state index in [1.165, 1.54) is 0 Å². The van der Waals surface area contributed by atoms with E-state index < -0.39 is 5.54 Å². The molecule has 0 bridgehead atoms. The summed E-state index contributed by atoms with van der Waals surface area (Å²) >= 11 is 0. The number of likely N-dealkylation sites (tertiary alicyclic amines) is 1. The highest BCUT2D eigenvalue weighted by atomic mass is 16.5. The lowest BCUT2D eigenvalue weighted by molar-refractivity contribution is -0.134. The molecule has 2 fully saturated rings. The minimum Gasteiger partial charge on any atom is -0.359 e. The van der Waals surface area contributed by atoms with Crippen LogP contribution in [0, 0.1) is 6.92 Å². The van der Waals surface area contributed by atoms with Gasteiger partial charge < -0.3 is 15.2 Å². The van der Waals surface area contributed by atoms with Gasteiger partial charge in [0.15, 0.2) is 5.76 Å². The minimum atomic E-state index is -0.586. The Balaban J connectivity index is 1.82. The van der Waals surface area contributed by atoms with Crippen molar-refractivity contribution in [3.8, 4) is 0 Å². The number of hydrogen-bond donors (Lipinski definition) is 1. The Hall–Kier alpha value is -1.36. The van der Waals surface area contributed by atoms with E-state index >= 15 is 0 Å². The first kappa shape index (κ1) is 10.8. The number of nitrogens with zero attached hydrogens (tertiary/aromatic N) is 2. The standard InChI is InChI=1S/C12H17N3O2/c1-8-7-10(17-14-8)9-3-2-6-15(9)11(16)12(13)4-5-12/h7,9H,2-6,13H2,1H3. The van der Waals surface area contributed by atoms with E-state index in [-0.39, 0.29) is 11.9 Å². The SMILES string of the molecule is Cc1cc(C2CCCN2C(=O)C2(N)CC2)on1. The van der Waals surface area contributed by atoms with Crippen molar-refractivity contribution >= 4 is 5.91 Å². The molecule has 1 unspecified atom stereocenters. The number of nitrogens with two attached hydrogens (primary N) is 1. The maximum atomic E-state index is 12.3. The molecule has 1 aromatic heterocycles. The highest BCUT2D eigenvalue weighted by Gasteiger charge is 2.50. The minimum absolute atomic E-state index is 0.0322. The van der Waals surface area contributed by atoms with Crippen molar-refractivity contribution in [1.29, 1.82) is 0 Å². The van der Waals surface area contributed by atoms with Gasteiger partial charge in [0.25, 0.3) is 0 Å². The van der Waals surface area contributed by atoms with Gasteiger partial charge in [-0.3, -0.25) is 4.79 Å². The van der Waals surface area contributed by atoms with Crippen LogP contribution in [-0.2, 0) is 4.79 Å². The van der Waals surface area contributed by atoms with Crippen LogP contribution < -0.4 is 5.73 Å². The summed E-state index contributed by atoms with van der Waals surface area (Å²) in [7, 11) is 0. The molecule has 2 N–H and O–H groups in total. The fourth-order valence-electron chi connectivity index (χ4n) is 2.48. The molecule has 0 radical (unpaired) electrons. The van der Waals surface area contributed by atoms with Crippen LogP contribution in [0.2, 0.25) is 0 Å². The summed E-state index contributed by atoms with van der Waals surface area (Å²) in [4.78, 5) is 14.1. The summed E-state index contributed by atoms with van der Waals surface area (Å²) in [6, 6.07) is 1.94. The molecule has 1 amide bonds. The lowest BCUT2D eigenvalue weighted by atomic mass is 10.1. The number of aryl methyl sites for hydroxylation is 1. The van der Waals surface area contributed by atoms with Gasteiger partial charge in [0, 0.05) is 12.6 Å². The molecule has 5 heteroatoms. The maximum absolute atomic E-state index is 12.3. The Kier molecular flexibility index (Phi) is 2.26. The van der Waals surface area contributed by atoms with Gasteiger partial charge in [-0.2, -0.15) is 0 Å². The molecule has 92 valence electrons. The zero-order valence-corrected chi connectivity index (χ0v) is 9.98.